The van der Waals surface area contributed by atoms with Crippen LogP contribution < -0.4 is 16.0 Å². The third-order valence-electron chi connectivity index (χ3n) is 6.56. The summed E-state index contributed by atoms with van der Waals surface area (Å²) in [6.45, 7) is 2.67. The summed E-state index contributed by atoms with van der Waals surface area (Å²) in [5.74, 6) is -2.16. The minimum absolute atomic E-state index is 0.0674. The lowest BCUT2D eigenvalue weighted by Crippen LogP contribution is -2.51. The van der Waals surface area contributed by atoms with E-state index in [9.17, 15) is 29.4 Å². The van der Waals surface area contributed by atoms with Crippen LogP contribution >= 0.6 is 0 Å². The number of phenols is 1. The Morgan fingerprint density at radius 2 is 1.91 bits per heavy atom. The van der Waals surface area contributed by atoms with Crippen molar-refractivity contribution in [2.75, 3.05) is 32.7 Å². The van der Waals surface area contributed by atoms with E-state index in [1.807, 2.05) is 0 Å². The Kier molecular flexibility index (Phi) is 9.26. The van der Waals surface area contributed by atoms with E-state index in [1.54, 1.807) is 4.90 Å². The molecule has 2 fully saturated rings. The standard InChI is InChI=1S/C24H34N4O6/c29-19-5-1-3-17(13-19)23(32)27-20(24(33)34)14-26-22(31)18-4-2-12-28(15-18)21(30)7-6-16-8-10-25-11-9-16/h1,3,5,13,16,18,20,25,29H,2,4,6-12,14-15H2,(H,26,31)(H,27,32)(H,33,34)/t18-,20?/m1/s1. The van der Waals surface area contributed by atoms with E-state index >= 15 is 0 Å². The number of aliphatic carboxylic acids is 1. The predicted molar refractivity (Wildman–Crippen MR) is 124 cm³/mol. The van der Waals surface area contributed by atoms with E-state index in [0.29, 0.717) is 38.3 Å². The number of rotatable bonds is 9. The summed E-state index contributed by atoms with van der Waals surface area (Å²) >= 11 is 0. The van der Waals surface area contributed by atoms with Crippen molar-refractivity contribution in [3.8, 4) is 5.75 Å². The zero-order chi connectivity index (χ0) is 24.5. The number of piperidine rings is 2. The molecule has 0 radical (unpaired) electrons. The molecule has 1 aromatic carbocycles. The highest BCUT2D eigenvalue weighted by atomic mass is 16.4. The van der Waals surface area contributed by atoms with Gasteiger partial charge < -0.3 is 31.1 Å². The molecule has 186 valence electrons. The van der Waals surface area contributed by atoms with Gasteiger partial charge in [0.05, 0.1) is 5.92 Å². The maximum absolute atomic E-state index is 12.7. The molecule has 0 aromatic heterocycles. The van der Waals surface area contributed by atoms with Gasteiger partial charge in [-0.2, -0.15) is 0 Å². The molecule has 2 heterocycles. The van der Waals surface area contributed by atoms with Gasteiger partial charge in [0.1, 0.15) is 11.8 Å². The van der Waals surface area contributed by atoms with Gasteiger partial charge in [0, 0.05) is 31.6 Å². The third-order valence-corrected chi connectivity index (χ3v) is 6.56. The molecule has 0 spiro atoms. The molecule has 3 amide bonds. The number of carbonyl (C=O) groups is 4. The molecule has 0 saturated carbocycles. The number of phenolic OH excluding ortho intramolecular Hbond substituents is 1. The first-order valence-corrected chi connectivity index (χ1v) is 11.9. The normalized spacial score (nSPS) is 19.8. The number of hydrogen-bond acceptors (Lipinski definition) is 6. The molecule has 0 aliphatic carbocycles. The highest BCUT2D eigenvalue weighted by Gasteiger charge is 2.30. The number of amides is 3. The number of likely N-dealkylation sites (tertiary alicyclic amines) is 1. The van der Waals surface area contributed by atoms with E-state index in [4.69, 9.17) is 0 Å². The number of carboxylic acid groups (broad SMARTS) is 1. The van der Waals surface area contributed by atoms with Crippen molar-refractivity contribution in [2.45, 2.75) is 44.6 Å². The Balaban J connectivity index is 1.46. The van der Waals surface area contributed by atoms with E-state index in [2.05, 4.69) is 16.0 Å². The lowest BCUT2D eigenvalue weighted by Gasteiger charge is -2.33. The van der Waals surface area contributed by atoms with Crippen molar-refractivity contribution in [3.05, 3.63) is 29.8 Å². The lowest BCUT2D eigenvalue weighted by molar-refractivity contribution is -0.139. The predicted octanol–water partition coefficient (Wildman–Crippen LogP) is 0.710. The number of aromatic hydroxyl groups is 1. The topological polar surface area (TPSA) is 148 Å². The summed E-state index contributed by atoms with van der Waals surface area (Å²) in [5, 5.41) is 27.3. The van der Waals surface area contributed by atoms with Crippen LogP contribution in [0.15, 0.2) is 24.3 Å². The van der Waals surface area contributed by atoms with Crippen LogP contribution in [-0.2, 0) is 14.4 Å². The van der Waals surface area contributed by atoms with Crippen molar-refractivity contribution < 1.29 is 29.4 Å². The smallest absolute Gasteiger partial charge is 0.328 e. The summed E-state index contributed by atoms with van der Waals surface area (Å²) < 4.78 is 0. The molecule has 1 aromatic rings. The number of nitrogens with one attached hydrogen (secondary N) is 3. The number of hydrogen-bond donors (Lipinski definition) is 5. The Morgan fingerprint density at radius 3 is 2.62 bits per heavy atom. The third kappa shape index (κ3) is 7.44. The maximum atomic E-state index is 12.7. The fourth-order valence-electron chi connectivity index (χ4n) is 4.51. The molecule has 2 aliphatic heterocycles. The van der Waals surface area contributed by atoms with Crippen LogP contribution in [0, 0.1) is 11.8 Å². The monoisotopic (exact) mass is 474 g/mol. The zero-order valence-corrected chi connectivity index (χ0v) is 19.3. The average molecular weight is 475 g/mol. The first-order valence-electron chi connectivity index (χ1n) is 11.9. The average Bonchev–Trinajstić information content (AvgIpc) is 2.85. The van der Waals surface area contributed by atoms with Crippen molar-refractivity contribution in [3.63, 3.8) is 0 Å². The van der Waals surface area contributed by atoms with Gasteiger partial charge >= 0.3 is 5.97 Å². The first kappa shape index (κ1) is 25.5. The summed E-state index contributed by atoms with van der Waals surface area (Å²) in [5.41, 5.74) is 0.114. The fraction of sp³-hybridized carbons (Fsp3) is 0.583. The van der Waals surface area contributed by atoms with E-state index in [0.717, 1.165) is 32.4 Å². The molecule has 1 unspecified atom stereocenters. The van der Waals surface area contributed by atoms with Crippen LogP contribution in [-0.4, -0.2) is 77.6 Å². The SMILES string of the molecule is O=C(NC(CNC(=O)[C@@H]1CCCN(C(=O)CCC2CCNCC2)C1)C(=O)O)c1cccc(O)c1. The van der Waals surface area contributed by atoms with E-state index in [1.165, 1.54) is 24.3 Å². The number of carboxylic acids is 1. The van der Waals surface area contributed by atoms with Gasteiger partial charge in [0.25, 0.3) is 5.91 Å². The Morgan fingerprint density at radius 1 is 1.15 bits per heavy atom. The summed E-state index contributed by atoms with van der Waals surface area (Å²) in [4.78, 5) is 51.0. The highest BCUT2D eigenvalue weighted by molar-refractivity contribution is 5.97. The first-order chi connectivity index (χ1) is 16.3. The minimum atomic E-state index is -1.33. The molecule has 2 aliphatic rings. The van der Waals surface area contributed by atoms with Gasteiger partial charge in [-0.1, -0.05) is 6.07 Å². The van der Waals surface area contributed by atoms with Crippen molar-refractivity contribution in [1.82, 2.24) is 20.9 Å². The van der Waals surface area contributed by atoms with Gasteiger partial charge in [0.2, 0.25) is 11.8 Å². The molecule has 0 bridgehead atoms. The Hall–Kier alpha value is -3.14. The van der Waals surface area contributed by atoms with Crippen molar-refractivity contribution in [2.24, 2.45) is 11.8 Å². The molecule has 34 heavy (non-hydrogen) atoms. The van der Waals surface area contributed by atoms with E-state index < -0.39 is 23.8 Å². The van der Waals surface area contributed by atoms with Gasteiger partial charge in [0.15, 0.2) is 0 Å². The molecule has 10 nitrogen and oxygen atoms in total. The van der Waals surface area contributed by atoms with Gasteiger partial charge in [-0.3, -0.25) is 14.4 Å². The number of benzene rings is 1. The summed E-state index contributed by atoms with van der Waals surface area (Å²) in [6.07, 6.45) is 4.87. The van der Waals surface area contributed by atoms with E-state index in [-0.39, 0.29) is 29.7 Å². The summed E-state index contributed by atoms with van der Waals surface area (Å²) in [6, 6.07) is 4.23. The number of carbonyl (C=O) groups excluding carboxylic acids is 3. The van der Waals surface area contributed by atoms with Crippen molar-refractivity contribution in [1.29, 1.82) is 0 Å². The second-order valence-corrected chi connectivity index (χ2v) is 9.07. The Bertz CT molecular complexity index is 886. The fourth-order valence-corrected chi connectivity index (χ4v) is 4.51. The van der Waals surface area contributed by atoms with Crippen LogP contribution in [0.2, 0.25) is 0 Å². The van der Waals surface area contributed by atoms with Gasteiger partial charge in [-0.15, -0.1) is 0 Å². The second kappa shape index (κ2) is 12.4. The minimum Gasteiger partial charge on any atom is -0.508 e. The molecular formula is C24H34N4O6. The molecule has 2 atom stereocenters. The zero-order valence-electron chi connectivity index (χ0n) is 19.3. The van der Waals surface area contributed by atoms with Gasteiger partial charge in [-0.25, -0.2) is 4.79 Å². The molecule has 3 rings (SSSR count). The molecule has 5 N–H and O–H groups in total. The Labute approximate surface area is 199 Å². The quantitative estimate of drug-likeness (QED) is 0.354. The lowest BCUT2D eigenvalue weighted by atomic mass is 9.92. The number of nitrogens with zero attached hydrogens (tertiary/aromatic N) is 1. The van der Waals surface area contributed by atoms with Crippen LogP contribution in [0.25, 0.3) is 0 Å². The van der Waals surface area contributed by atoms with Crippen LogP contribution in [0.1, 0.15) is 48.9 Å². The van der Waals surface area contributed by atoms with Crippen molar-refractivity contribution >= 4 is 23.7 Å². The van der Waals surface area contributed by atoms with Crippen LogP contribution in [0.3, 0.4) is 0 Å². The maximum Gasteiger partial charge on any atom is 0.328 e. The largest absolute Gasteiger partial charge is 0.508 e. The van der Waals surface area contributed by atoms with Crippen LogP contribution in [0.4, 0.5) is 0 Å². The second-order valence-electron chi connectivity index (χ2n) is 9.07. The molecular weight excluding hydrogens is 440 g/mol. The summed E-state index contributed by atoms with van der Waals surface area (Å²) in [7, 11) is 0. The van der Waals surface area contributed by atoms with Crippen LogP contribution in [0.5, 0.6) is 5.75 Å². The molecule has 10 heteroatoms. The molecule has 2 saturated heterocycles. The van der Waals surface area contributed by atoms with Gasteiger partial charge in [-0.05, 0) is 69.3 Å². The highest BCUT2D eigenvalue weighted by Crippen LogP contribution is 2.21.